The molecule has 3 aromatic carbocycles. The molecule has 4 rings (SSSR count). The molecule has 0 bridgehead atoms. The lowest BCUT2D eigenvalue weighted by atomic mass is 10.1. The lowest BCUT2D eigenvalue weighted by Crippen LogP contribution is -2.23. The highest BCUT2D eigenvalue weighted by molar-refractivity contribution is 6.07. The van der Waals surface area contributed by atoms with Gasteiger partial charge in [0.25, 0.3) is 5.91 Å². The molecule has 4 aromatic rings. The van der Waals surface area contributed by atoms with E-state index < -0.39 is 18.5 Å². The largest absolute Gasteiger partial charge is 0.495 e. The standard InChI is InChI=1S/C25H21NO7/c1-15(27)16-7-9-17(10-8-16)31-14-25(29)32-13-24(28)26-20-12-22-19(11-23(20)30-2)18-5-3-4-6-21(18)33-22/h3-12H,13-14H2,1-2H3,(H,26,28). The highest BCUT2D eigenvalue weighted by Crippen LogP contribution is 2.36. The summed E-state index contributed by atoms with van der Waals surface area (Å²) in [6.07, 6.45) is 0. The Kier molecular flexibility index (Phi) is 6.26. The van der Waals surface area contributed by atoms with E-state index in [1.165, 1.54) is 14.0 Å². The van der Waals surface area contributed by atoms with Crippen LogP contribution in [0.15, 0.2) is 65.1 Å². The molecule has 0 atom stereocenters. The maximum Gasteiger partial charge on any atom is 0.344 e. The third-order valence-corrected chi connectivity index (χ3v) is 4.95. The minimum Gasteiger partial charge on any atom is -0.495 e. The van der Waals surface area contributed by atoms with Crippen molar-refractivity contribution < 1.29 is 33.0 Å². The Labute approximate surface area is 189 Å². The molecule has 168 valence electrons. The van der Waals surface area contributed by atoms with E-state index in [0.717, 1.165) is 16.4 Å². The van der Waals surface area contributed by atoms with E-state index in [1.54, 1.807) is 36.4 Å². The Morgan fingerprint density at radius 1 is 0.909 bits per heavy atom. The van der Waals surface area contributed by atoms with Crippen LogP contribution in [0.25, 0.3) is 21.9 Å². The van der Waals surface area contributed by atoms with Gasteiger partial charge in [-0.15, -0.1) is 0 Å². The zero-order valence-corrected chi connectivity index (χ0v) is 18.0. The molecular formula is C25H21NO7. The molecule has 0 spiro atoms. The van der Waals surface area contributed by atoms with Crippen LogP contribution in [0, 0.1) is 0 Å². The topological polar surface area (TPSA) is 104 Å². The zero-order valence-electron chi connectivity index (χ0n) is 18.0. The van der Waals surface area contributed by atoms with Crippen LogP contribution in [0.3, 0.4) is 0 Å². The fourth-order valence-corrected chi connectivity index (χ4v) is 3.32. The van der Waals surface area contributed by atoms with Crippen LogP contribution in [-0.2, 0) is 14.3 Å². The van der Waals surface area contributed by atoms with E-state index in [9.17, 15) is 14.4 Å². The summed E-state index contributed by atoms with van der Waals surface area (Å²) in [6, 6.07) is 17.4. The highest BCUT2D eigenvalue weighted by Gasteiger charge is 2.15. The summed E-state index contributed by atoms with van der Waals surface area (Å²) in [5.41, 5.74) is 2.25. The number of carbonyl (C=O) groups is 3. The number of carbonyl (C=O) groups excluding carboxylic acids is 3. The molecule has 0 saturated carbocycles. The number of hydrogen-bond donors (Lipinski definition) is 1. The number of furan rings is 1. The number of rotatable bonds is 8. The minimum absolute atomic E-state index is 0.0666. The molecule has 1 heterocycles. The fourth-order valence-electron chi connectivity index (χ4n) is 3.32. The van der Waals surface area contributed by atoms with E-state index in [0.29, 0.717) is 28.3 Å². The molecule has 0 aliphatic carbocycles. The molecule has 0 unspecified atom stereocenters. The molecule has 1 amide bonds. The highest BCUT2D eigenvalue weighted by atomic mass is 16.6. The smallest absolute Gasteiger partial charge is 0.344 e. The Hall–Kier alpha value is -4.33. The number of esters is 1. The van der Waals surface area contributed by atoms with Gasteiger partial charge in [-0.25, -0.2) is 4.79 Å². The van der Waals surface area contributed by atoms with Gasteiger partial charge in [-0.3, -0.25) is 9.59 Å². The predicted molar refractivity (Wildman–Crippen MR) is 122 cm³/mol. The molecule has 0 saturated heterocycles. The first-order valence-corrected chi connectivity index (χ1v) is 10.1. The van der Waals surface area contributed by atoms with Gasteiger partial charge in [0.1, 0.15) is 22.7 Å². The number of nitrogens with one attached hydrogen (secondary N) is 1. The summed E-state index contributed by atoms with van der Waals surface area (Å²) in [5.74, 6) is -0.456. The van der Waals surface area contributed by atoms with Crippen molar-refractivity contribution in [2.45, 2.75) is 6.92 Å². The van der Waals surface area contributed by atoms with Crippen LogP contribution >= 0.6 is 0 Å². The van der Waals surface area contributed by atoms with Crippen LogP contribution in [0.1, 0.15) is 17.3 Å². The van der Waals surface area contributed by atoms with Gasteiger partial charge in [0, 0.05) is 22.4 Å². The number of methoxy groups -OCH3 is 1. The summed E-state index contributed by atoms with van der Waals surface area (Å²) in [5, 5.41) is 4.47. The predicted octanol–water partition coefficient (Wildman–Crippen LogP) is 4.36. The Morgan fingerprint density at radius 3 is 2.39 bits per heavy atom. The van der Waals surface area contributed by atoms with Gasteiger partial charge in [0.15, 0.2) is 19.0 Å². The summed E-state index contributed by atoms with van der Waals surface area (Å²) < 4.78 is 21.5. The van der Waals surface area contributed by atoms with Crippen molar-refractivity contribution in [3.05, 3.63) is 66.2 Å². The van der Waals surface area contributed by atoms with Gasteiger partial charge in [-0.2, -0.15) is 0 Å². The monoisotopic (exact) mass is 447 g/mol. The van der Waals surface area contributed by atoms with Crippen molar-refractivity contribution in [3.63, 3.8) is 0 Å². The number of Topliss-reactive ketones (excluding diaryl/α,β-unsaturated/α-hetero) is 1. The van der Waals surface area contributed by atoms with Gasteiger partial charge in [0.05, 0.1) is 12.8 Å². The first-order chi connectivity index (χ1) is 15.9. The number of ether oxygens (including phenoxy) is 3. The van der Waals surface area contributed by atoms with Gasteiger partial charge >= 0.3 is 5.97 Å². The average molecular weight is 447 g/mol. The number of para-hydroxylation sites is 1. The van der Waals surface area contributed by atoms with Crippen LogP contribution in [-0.4, -0.2) is 38.0 Å². The van der Waals surface area contributed by atoms with Crippen molar-refractivity contribution in [3.8, 4) is 11.5 Å². The van der Waals surface area contributed by atoms with E-state index >= 15 is 0 Å². The maximum atomic E-state index is 12.3. The van der Waals surface area contributed by atoms with E-state index in [1.807, 2.05) is 24.3 Å². The SMILES string of the molecule is COc1cc2c(cc1NC(=O)COC(=O)COc1ccc(C(C)=O)cc1)oc1ccccc12. The fraction of sp³-hybridized carbons (Fsp3) is 0.160. The summed E-state index contributed by atoms with van der Waals surface area (Å²) in [7, 11) is 1.50. The second-order valence-corrected chi connectivity index (χ2v) is 7.22. The lowest BCUT2D eigenvalue weighted by molar-refractivity contribution is -0.149. The second kappa shape index (κ2) is 9.44. The normalized spacial score (nSPS) is 10.7. The Morgan fingerprint density at radius 2 is 1.67 bits per heavy atom. The molecule has 8 heteroatoms. The number of amides is 1. The van der Waals surface area contributed by atoms with Crippen LogP contribution in [0.5, 0.6) is 11.5 Å². The van der Waals surface area contributed by atoms with E-state index in [4.69, 9.17) is 18.6 Å². The van der Waals surface area contributed by atoms with Crippen molar-refractivity contribution in [2.24, 2.45) is 0 Å². The molecular weight excluding hydrogens is 426 g/mol. The molecule has 1 aromatic heterocycles. The summed E-state index contributed by atoms with van der Waals surface area (Å²) in [4.78, 5) is 35.5. The van der Waals surface area contributed by atoms with Crippen molar-refractivity contribution >= 4 is 45.3 Å². The molecule has 0 fully saturated rings. The number of ketones is 1. The molecule has 1 N–H and O–H groups in total. The van der Waals surface area contributed by atoms with E-state index in [2.05, 4.69) is 5.32 Å². The number of anilines is 1. The second-order valence-electron chi connectivity index (χ2n) is 7.22. The first-order valence-electron chi connectivity index (χ1n) is 10.1. The third-order valence-electron chi connectivity index (χ3n) is 4.95. The van der Waals surface area contributed by atoms with Gasteiger partial charge in [0.2, 0.25) is 0 Å². The zero-order chi connectivity index (χ0) is 23.4. The van der Waals surface area contributed by atoms with Crippen LogP contribution in [0.4, 0.5) is 5.69 Å². The first kappa shape index (κ1) is 21.9. The summed E-state index contributed by atoms with van der Waals surface area (Å²) >= 11 is 0. The average Bonchev–Trinajstić information content (AvgIpc) is 3.18. The molecule has 0 radical (unpaired) electrons. The Balaban J connectivity index is 1.34. The maximum absolute atomic E-state index is 12.3. The number of benzene rings is 3. The summed E-state index contributed by atoms with van der Waals surface area (Å²) in [6.45, 7) is 0.594. The third kappa shape index (κ3) is 4.95. The van der Waals surface area contributed by atoms with Crippen LogP contribution in [0.2, 0.25) is 0 Å². The van der Waals surface area contributed by atoms with Gasteiger partial charge in [-0.1, -0.05) is 18.2 Å². The molecule has 0 aliphatic heterocycles. The van der Waals surface area contributed by atoms with E-state index in [-0.39, 0.29) is 12.4 Å². The number of fused-ring (bicyclic) bond motifs is 3. The molecule has 8 nitrogen and oxygen atoms in total. The van der Waals surface area contributed by atoms with Crippen molar-refractivity contribution in [2.75, 3.05) is 25.6 Å². The number of hydrogen-bond acceptors (Lipinski definition) is 7. The van der Waals surface area contributed by atoms with Crippen LogP contribution < -0.4 is 14.8 Å². The van der Waals surface area contributed by atoms with Crippen molar-refractivity contribution in [1.29, 1.82) is 0 Å². The quantitative estimate of drug-likeness (QED) is 0.316. The minimum atomic E-state index is -0.708. The molecule has 33 heavy (non-hydrogen) atoms. The lowest BCUT2D eigenvalue weighted by Gasteiger charge is -2.11. The molecule has 0 aliphatic rings. The van der Waals surface area contributed by atoms with Gasteiger partial charge < -0.3 is 23.9 Å². The Bertz CT molecular complexity index is 1340. The van der Waals surface area contributed by atoms with Crippen molar-refractivity contribution in [1.82, 2.24) is 0 Å². The van der Waals surface area contributed by atoms with Gasteiger partial charge in [-0.05, 0) is 43.3 Å².